The Morgan fingerprint density at radius 1 is 1.26 bits per heavy atom. The van der Waals surface area contributed by atoms with Crippen molar-refractivity contribution in [3.8, 4) is 0 Å². The Morgan fingerprint density at radius 2 is 2.05 bits per heavy atom. The van der Waals surface area contributed by atoms with Crippen LogP contribution in [0.3, 0.4) is 0 Å². The maximum Gasteiger partial charge on any atom is 0.255 e. The number of nitrogens with one attached hydrogen (secondary N) is 1. The number of hydrogen-bond donors (Lipinski definition) is 1. The van der Waals surface area contributed by atoms with Gasteiger partial charge in [-0.2, -0.15) is 0 Å². The highest BCUT2D eigenvalue weighted by molar-refractivity contribution is 5.96. The summed E-state index contributed by atoms with van der Waals surface area (Å²) in [4.78, 5) is 37.4. The lowest BCUT2D eigenvalue weighted by Gasteiger charge is -2.32. The third-order valence-corrected chi connectivity index (χ3v) is 3.27. The van der Waals surface area contributed by atoms with Gasteiger partial charge in [-0.3, -0.25) is 9.59 Å². The second-order valence-electron chi connectivity index (χ2n) is 4.43. The molecule has 3 rings (SSSR count). The molecule has 0 radical (unpaired) electrons. The fourth-order valence-corrected chi connectivity index (χ4v) is 2.16. The minimum Gasteiger partial charge on any atom is -0.343 e. The minimum absolute atomic E-state index is 0.0606. The van der Waals surface area contributed by atoms with Crippen molar-refractivity contribution in [3.05, 3.63) is 24.2 Å². The highest BCUT2D eigenvalue weighted by atomic mass is 16.2. The molecule has 1 fully saturated rings. The Hall–Kier alpha value is -2.44. The van der Waals surface area contributed by atoms with Crippen molar-refractivity contribution in [2.45, 2.75) is 0 Å². The number of hydrogen-bond acceptors (Lipinski definition) is 4. The number of carbonyl (C=O) groups is 2. The van der Waals surface area contributed by atoms with Crippen LogP contribution in [-0.4, -0.2) is 63.2 Å². The fourth-order valence-electron chi connectivity index (χ4n) is 2.16. The maximum atomic E-state index is 12.3. The molecule has 98 valence electrons. The van der Waals surface area contributed by atoms with Gasteiger partial charge >= 0.3 is 0 Å². The smallest absolute Gasteiger partial charge is 0.255 e. The average molecular weight is 259 g/mol. The molecule has 0 spiro atoms. The highest BCUT2D eigenvalue weighted by Gasteiger charge is 2.21. The van der Waals surface area contributed by atoms with Gasteiger partial charge in [0, 0.05) is 32.4 Å². The van der Waals surface area contributed by atoms with Gasteiger partial charge in [-0.15, -0.1) is 0 Å². The van der Waals surface area contributed by atoms with E-state index in [1.54, 1.807) is 22.2 Å². The Balaban J connectivity index is 1.78. The molecular weight excluding hydrogens is 246 g/mol. The molecular formula is C12H13N5O2. The summed E-state index contributed by atoms with van der Waals surface area (Å²) >= 11 is 0. The number of amides is 2. The van der Waals surface area contributed by atoms with Gasteiger partial charge in [-0.1, -0.05) is 0 Å². The molecule has 2 amide bonds. The van der Waals surface area contributed by atoms with E-state index in [1.165, 1.54) is 6.20 Å². The van der Waals surface area contributed by atoms with Crippen LogP contribution < -0.4 is 0 Å². The van der Waals surface area contributed by atoms with Gasteiger partial charge in [0.1, 0.15) is 0 Å². The van der Waals surface area contributed by atoms with Crippen molar-refractivity contribution < 1.29 is 9.59 Å². The van der Waals surface area contributed by atoms with E-state index in [9.17, 15) is 9.59 Å². The maximum absolute atomic E-state index is 12.3. The fraction of sp³-hybridized carbons (Fsp3) is 0.333. The predicted octanol–water partition coefficient (Wildman–Crippen LogP) is -0.128. The third kappa shape index (κ3) is 2.14. The molecule has 2 aromatic heterocycles. The zero-order valence-electron chi connectivity index (χ0n) is 10.2. The van der Waals surface area contributed by atoms with Gasteiger partial charge in [0.15, 0.2) is 5.65 Å². The molecule has 2 aromatic rings. The van der Waals surface area contributed by atoms with E-state index in [2.05, 4.69) is 15.0 Å². The van der Waals surface area contributed by atoms with Crippen LogP contribution in [0.2, 0.25) is 0 Å². The van der Waals surface area contributed by atoms with E-state index in [4.69, 9.17) is 0 Å². The van der Waals surface area contributed by atoms with Crippen molar-refractivity contribution in [1.29, 1.82) is 0 Å². The van der Waals surface area contributed by atoms with Gasteiger partial charge < -0.3 is 14.8 Å². The summed E-state index contributed by atoms with van der Waals surface area (Å²) in [6.45, 7) is 2.26. The van der Waals surface area contributed by atoms with E-state index in [0.29, 0.717) is 37.4 Å². The number of pyridine rings is 1. The number of aromatic amines is 1. The van der Waals surface area contributed by atoms with Gasteiger partial charge in [0.2, 0.25) is 6.41 Å². The molecule has 7 heteroatoms. The van der Waals surface area contributed by atoms with E-state index in [1.807, 2.05) is 0 Å². The van der Waals surface area contributed by atoms with E-state index in [-0.39, 0.29) is 5.91 Å². The number of H-pyrrole nitrogens is 1. The third-order valence-electron chi connectivity index (χ3n) is 3.27. The normalized spacial score (nSPS) is 15.8. The summed E-state index contributed by atoms with van der Waals surface area (Å²) in [7, 11) is 0. The van der Waals surface area contributed by atoms with Crippen LogP contribution in [0.1, 0.15) is 10.4 Å². The molecule has 1 aliphatic heterocycles. The number of aromatic nitrogens is 3. The summed E-state index contributed by atoms with van der Waals surface area (Å²) < 4.78 is 0. The summed E-state index contributed by atoms with van der Waals surface area (Å²) in [5, 5.41) is 0. The molecule has 0 bridgehead atoms. The van der Waals surface area contributed by atoms with Crippen LogP contribution in [0.15, 0.2) is 18.6 Å². The molecule has 0 aliphatic carbocycles. The van der Waals surface area contributed by atoms with Crippen LogP contribution in [0.5, 0.6) is 0 Å². The van der Waals surface area contributed by atoms with Crippen LogP contribution in [0, 0.1) is 0 Å². The molecule has 1 saturated heterocycles. The first-order valence-corrected chi connectivity index (χ1v) is 6.05. The number of rotatable bonds is 2. The zero-order valence-corrected chi connectivity index (χ0v) is 10.2. The molecule has 0 aromatic carbocycles. The molecule has 1 aliphatic rings. The Morgan fingerprint density at radius 3 is 2.79 bits per heavy atom. The first-order chi connectivity index (χ1) is 9.28. The number of fused-ring (bicyclic) bond motifs is 1. The standard InChI is InChI=1S/C12H13N5O2/c18-8-16-1-3-17(4-2-16)12(19)9-5-10-11(13-6-9)15-7-14-10/h5-8H,1-4H2,(H,13,14,15). The van der Waals surface area contributed by atoms with Crippen LogP contribution in [-0.2, 0) is 4.79 Å². The van der Waals surface area contributed by atoms with Gasteiger partial charge in [-0.05, 0) is 6.07 Å². The van der Waals surface area contributed by atoms with E-state index >= 15 is 0 Å². The summed E-state index contributed by atoms with van der Waals surface area (Å²) in [5.74, 6) is -0.0606. The molecule has 19 heavy (non-hydrogen) atoms. The van der Waals surface area contributed by atoms with E-state index < -0.39 is 0 Å². The quantitative estimate of drug-likeness (QED) is 0.762. The molecule has 0 unspecified atom stereocenters. The lowest BCUT2D eigenvalue weighted by Crippen LogP contribution is -2.48. The summed E-state index contributed by atoms with van der Waals surface area (Å²) in [6, 6.07) is 1.75. The first-order valence-electron chi connectivity index (χ1n) is 6.05. The summed E-state index contributed by atoms with van der Waals surface area (Å²) in [5.41, 5.74) is 1.89. The topological polar surface area (TPSA) is 82.2 Å². The van der Waals surface area contributed by atoms with Crippen molar-refractivity contribution in [2.75, 3.05) is 26.2 Å². The van der Waals surface area contributed by atoms with Crippen LogP contribution in [0.4, 0.5) is 0 Å². The van der Waals surface area contributed by atoms with Gasteiger partial charge in [0.25, 0.3) is 5.91 Å². The Kier molecular flexibility index (Phi) is 2.86. The van der Waals surface area contributed by atoms with Gasteiger partial charge in [0.05, 0.1) is 17.4 Å². The number of nitrogens with zero attached hydrogens (tertiary/aromatic N) is 4. The molecule has 0 saturated carbocycles. The second kappa shape index (κ2) is 4.68. The Labute approximate surface area is 109 Å². The zero-order chi connectivity index (χ0) is 13.2. The second-order valence-corrected chi connectivity index (χ2v) is 4.43. The largest absolute Gasteiger partial charge is 0.343 e. The van der Waals surface area contributed by atoms with Crippen molar-refractivity contribution in [1.82, 2.24) is 24.8 Å². The number of carbonyl (C=O) groups excluding carboxylic acids is 2. The predicted molar refractivity (Wildman–Crippen MR) is 67.4 cm³/mol. The van der Waals surface area contributed by atoms with Crippen molar-refractivity contribution in [3.63, 3.8) is 0 Å². The summed E-state index contributed by atoms with van der Waals surface area (Å²) in [6.07, 6.45) is 3.91. The molecule has 7 nitrogen and oxygen atoms in total. The Bertz CT molecular complexity index is 615. The average Bonchev–Trinajstić information content (AvgIpc) is 2.94. The van der Waals surface area contributed by atoms with Gasteiger partial charge in [-0.25, -0.2) is 9.97 Å². The lowest BCUT2D eigenvalue weighted by atomic mass is 10.2. The van der Waals surface area contributed by atoms with Crippen molar-refractivity contribution >= 4 is 23.5 Å². The van der Waals surface area contributed by atoms with Crippen LogP contribution >= 0.6 is 0 Å². The minimum atomic E-state index is -0.0606. The molecule has 3 heterocycles. The monoisotopic (exact) mass is 259 g/mol. The number of imidazole rings is 1. The lowest BCUT2D eigenvalue weighted by molar-refractivity contribution is -0.119. The molecule has 0 atom stereocenters. The molecule has 1 N–H and O–H groups in total. The highest BCUT2D eigenvalue weighted by Crippen LogP contribution is 2.12. The first kappa shape index (κ1) is 11.6. The van der Waals surface area contributed by atoms with E-state index in [0.717, 1.165) is 11.9 Å². The van der Waals surface area contributed by atoms with Crippen LogP contribution in [0.25, 0.3) is 11.2 Å². The van der Waals surface area contributed by atoms with Crippen molar-refractivity contribution in [2.24, 2.45) is 0 Å². The number of piperazine rings is 1. The SMILES string of the molecule is O=CN1CCN(C(=O)c2cnc3nc[nH]c3c2)CC1.